The van der Waals surface area contributed by atoms with Gasteiger partial charge in [0.25, 0.3) is 0 Å². The van der Waals surface area contributed by atoms with Crippen molar-refractivity contribution in [1.29, 1.82) is 0 Å². The van der Waals surface area contributed by atoms with Crippen LogP contribution in [-0.4, -0.2) is 13.1 Å². The summed E-state index contributed by atoms with van der Waals surface area (Å²) in [6.45, 7) is 1.96. The van der Waals surface area contributed by atoms with Crippen molar-refractivity contribution in [3.8, 4) is 0 Å². The van der Waals surface area contributed by atoms with Gasteiger partial charge in [0.05, 0.1) is 4.34 Å². The number of hydrogen-bond donors (Lipinski definition) is 1. The summed E-state index contributed by atoms with van der Waals surface area (Å²) >= 11 is 14.0. The van der Waals surface area contributed by atoms with E-state index in [4.69, 9.17) is 23.2 Å². The molecule has 18 heavy (non-hydrogen) atoms. The zero-order valence-electron chi connectivity index (χ0n) is 9.75. The number of nitrogens with one attached hydrogen (secondary N) is 1. The van der Waals surface area contributed by atoms with Crippen LogP contribution >= 0.6 is 34.5 Å². The zero-order valence-corrected chi connectivity index (χ0v) is 12.1. The van der Waals surface area contributed by atoms with Gasteiger partial charge in [-0.25, -0.2) is 0 Å². The SMILES string of the molecule is Clc1ccc(CC2(c3ccccc3Cl)CNC2)s1. The standard InChI is InChI=1S/C14H13Cl2NS/c15-12-4-2-1-3-11(12)14(8-17-9-14)7-10-5-6-13(16)18-10/h1-6,17H,7-9H2. The fraction of sp³-hybridized carbons (Fsp3) is 0.286. The molecule has 0 unspecified atom stereocenters. The molecule has 0 atom stereocenters. The fourth-order valence-corrected chi connectivity index (χ4v) is 4.08. The van der Waals surface area contributed by atoms with Gasteiger partial charge in [0.1, 0.15) is 0 Å². The Bertz CT molecular complexity index is 560. The average molecular weight is 298 g/mol. The lowest BCUT2D eigenvalue weighted by molar-refractivity contribution is 0.276. The molecule has 94 valence electrons. The monoisotopic (exact) mass is 297 g/mol. The van der Waals surface area contributed by atoms with Crippen LogP contribution in [0.3, 0.4) is 0 Å². The van der Waals surface area contributed by atoms with Gasteiger partial charge in [-0.3, -0.25) is 0 Å². The van der Waals surface area contributed by atoms with Crippen molar-refractivity contribution in [2.24, 2.45) is 0 Å². The molecular weight excluding hydrogens is 285 g/mol. The number of hydrogen-bond acceptors (Lipinski definition) is 2. The van der Waals surface area contributed by atoms with Crippen molar-refractivity contribution in [3.63, 3.8) is 0 Å². The van der Waals surface area contributed by atoms with Crippen LogP contribution in [0, 0.1) is 0 Å². The molecule has 1 aliphatic rings. The molecule has 2 heterocycles. The molecule has 0 spiro atoms. The Balaban J connectivity index is 1.93. The number of rotatable bonds is 3. The summed E-state index contributed by atoms with van der Waals surface area (Å²) in [5.74, 6) is 0. The van der Waals surface area contributed by atoms with Gasteiger partial charge in [0.15, 0.2) is 0 Å². The predicted octanol–water partition coefficient (Wildman–Crippen LogP) is 4.14. The number of halogens is 2. The van der Waals surface area contributed by atoms with E-state index in [2.05, 4.69) is 23.5 Å². The molecule has 0 aliphatic carbocycles. The minimum Gasteiger partial charge on any atom is -0.315 e. The highest BCUT2D eigenvalue weighted by Crippen LogP contribution is 2.38. The van der Waals surface area contributed by atoms with E-state index in [9.17, 15) is 0 Å². The molecular formula is C14H13Cl2NS. The molecule has 0 amide bonds. The Kier molecular flexibility index (Phi) is 3.37. The summed E-state index contributed by atoms with van der Waals surface area (Å²) in [6, 6.07) is 12.2. The summed E-state index contributed by atoms with van der Waals surface area (Å²) in [4.78, 5) is 1.32. The molecule has 1 aliphatic heterocycles. The van der Waals surface area contributed by atoms with Crippen LogP contribution in [0.4, 0.5) is 0 Å². The first-order valence-corrected chi connectivity index (χ1v) is 7.47. The van der Waals surface area contributed by atoms with Crippen molar-refractivity contribution in [3.05, 3.63) is 56.2 Å². The molecule has 1 aromatic carbocycles. The molecule has 0 saturated carbocycles. The Hall–Kier alpha value is -0.540. The molecule has 3 rings (SSSR count). The second-order valence-corrected chi connectivity index (χ2v) is 6.95. The third kappa shape index (κ3) is 2.19. The van der Waals surface area contributed by atoms with E-state index >= 15 is 0 Å². The first-order chi connectivity index (χ1) is 8.70. The van der Waals surface area contributed by atoms with Crippen molar-refractivity contribution >= 4 is 34.5 Å². The Labute approximate surface area is 121 Å². The summed E-state index contributed by atoms with van der Waals surface area (Å²) in [7, 11) is 0. The molecule has 1 saturated heterocycles. The highest BCUT2D eigenvalue weighted by atomic mass is 35.5. The van der Waals surface area contributed by atoms with Gasteiger partial charge >= 0.3 is 0 Å². The van der Waals surface area contributed by atoms with Crippen LogP contribution in [0.25, 0.3) is 0 Å². The molecule has 1 aromatic heterocycles. The van der Waals surface area contributed by atoms with E-state index < -0.39 is 0 Å². The normalized spacial score (nSPS) is 17.4. The van der Waals surface area contributed by atoms with Gasteiger partial charge in [-0.05, 0) is 30.2 Å². The lowest BCUT2D eigenvalue weighted by atomic mass is 9.72. The van der Waals surface area contributed by atoms with Crippen LogP contribution in [0.2, 0.25) is 9.36 Å². The molecule has 0 bridgehead atoms. The van der Waals surface area contributed by atoms with Gasteiger partial charge in [-0.1, -0.05) is 41.4 Å². The highest BCUT2D eigenvalue weighted by Gasteiger charge is 2.40. The van der Waals surface area contributed by atoms with Crippen molar-refractivity contribution in [1.82, 2.24) is 5.32 Å². The second kappa shape index (κ2) is 4.86. The Morgan fingerprint density at radius 3 is 2.44 bits per heavy atom. The number of thiophene rings is 1. The second-order valence-electron chi connectivity index (χ2n) is 4.75. The van der Waals surface area contributed by atoms with Gasteiger partial charge in [-0.2, -0.15) is 0 Å². The van der Waals surface area contributed by atoms with Gasteiger partial charge < -0.3 is 5.32 Å². The first-order valence-electron chi connectivity index (χ1n) is 5.90. The summed E-state index contributed by atoms with van der Waals surface area (Å²) < 4.78 is 0.853. The maximum Gasteiger partial charge on any atom is 0.0931 e. The predicted molar refractivity (Wildman–Crippen MR) is 79.0 cm³/mol. The van der Waals surface area contributed by atoms with Crippen LogP contribution in [-0.2, 0) is 11.8 Å². The van der Waals surface area contributed by atoms with E-state index in [0.717, 1.165) is 28.9 Å². The lowest BCUT2D eigenvalue weighted by Gasteiger charge is -2.43. The summed E-state index contributed by atoms with van der Waals surface area (Å²) in [5, 5.41) is 4.23. The summed E-state index contributed by atoms with van der Waals surface area (Å²) in [6.07, 6.45) is 1.00. The van der Waals surface area contributed by atoms with Crippen LogP contribution in [0.5, 0.6) is 0 Å². The topological polar surface area (TPSA) is 12.0 Å². The van der Waals surface area contributed by atoms with E-state index in [1.807, 2.05) is 18.2 Å². The van der Waals surface area contributed by atoms with Crippen LogP contribution < -0.4 is 5.32 Å². The quantitative estimate of drug-likeness (QED) is 0.898. The van der Waals surface area contributed by atoms with Crippen molar-refractivity contribution < 1.29 is 0 Å². The first kappa shape index (κ1) is 12.5. The highest BCUT2D eigenvalue weighted by molar-refractivity contribution is 7.16. The zero-order chi connectivity index (χ0) is 12.6. The third-order valence-electron chi connectivity index (χ3n) is 3.51. The summed E-state index contributed by atoms with van der Waals surface area (Å²) in [5.41, 5.74) is 1.38. The largest absolute Gasteiger partial charge is 0.315 e. The van der Waals surface area contributed by atoms with Crippen molar-refractivity contribution in [2.75, 3.05) is 13.1 Å². The molecule has 0 radical (unpaired) electrons. The lowest BCUT2D eigenvalue weighted by Crippen LogP contribution is -2.58. The van der Waals surface area contributed by atoms with E-state index in [-0.39, 0.29) is 5.41 Å². The van der Waals surface area contributed by atoms with Gasteiger partial charge in [0, 0.05) is 28.4 Å². The van der Waals surface area contributed by atoms with Crippen molar-refractivity contribution in [2.45, 2.75) is 11.8 Å². The third-order valence-corrected chi connectivity index (χ3v) is 5.07. The van der Waals surface area contributed by atoms with Crippen LogP contribution in [0.1, 0.15) is 10.4 Å². The smallest absolute Gasteiger partial charge is 0.0931 e. The minimum atomic E-state index is 0.131. The van der Waals surface area contributed by atoms with E-state index in [1.165, 1.54) is 10.4 Å². The Morgan fingerprint density at radius 2 is 1.89 bits per heavy atom. The van der Waals surface area contributed by atoms with Crippen LogP contribution in [0.15, 0.2) is 36.4 Å². The van der Waals surface area contributed by atoms with E-state index in [1.54, 1.807) is 11.3 Å². The fourth-order valence-electron chi connectivity index (χ4n) is 2.51. The Morgan fingerprint density at radius 1 is 1.11 bits per heavy atom. The van der Waals surface area contributed by atoms with Gasteiger partial charge in [-0.15, -0.1) is 11.3 Å². The average Bonchev–Trinajstić information content (AvgIpc) is 2.71. The number of benzene rings is 1. The molecule has 4 heteroatoms. The van der Waals surface area contributed by atoms with E-state index in [0.29, 0.717) is 0 Å². The molecule has 1 nitrogen and oxygen atoms in total. The maximum absolute atomic E-state index is 6.34. The maximum atomic E-state index is 6.34. The molecule has 2 aromatic rings. The molecule has 1 fully saturated rings. The molecule has 1 N–H and O–H groups in total. The minimum absolute atomic E-state index is 0.131. The van der Waals surface area contributed by atoms with Gasteiger partial charge in [0.2, 0.25) is 0 Å².